The molecule has 0 aliphatic carbocycles. The van der Waals surface area contributed by atoms with Crippen LogP contribution in [0.3, 0.4) is 0 Å². The molecule has 0 spiro atoms. The summed E-state index contributed by atoms with van der Waals surface area (Å²) in [6.07, 6.45) is 6.82. The van der Waals surface area contributed by atoms with Gasteiger partial charge in [0.15, 0.2) is 0 Å². The zero-order valence-electron chi connectivity index (χ0n) is 6.49. The van der Waals surface area contributed by atoms with Crippen molar-refractivity contribution in [3.8, 4) is 0 Å². The van der Waals surface area contributed by atoms with E-state index in [9.17, 15) is 8.42 Å². The van der Waals surface area contributed by atoms with Crippen LogP contribution in [-0.4, -0.2) is 14.2 Å². The molecule has 0 radical (unpaired) electrons. The van der Waals surface area contributed by atoms with Crippen molar-refractivity contribution in [2.75, 3.05) is 5.75 Å². The second-order valence-electron chi connectivity index (χ2n) is 1.97. The molecule has 0 amide bonds. The third-order valence-electron chi connectivity index (χ3n) is 1.02. The number of rotatable bonds is 4. The molecule has 0 N–H and O–H groups in total. The van der Waals surface area contributed by atoms with Gasteiger partial charge in [-0.1, -0.05) is 30.9 Å². The first-order valence-corrected chi connectivity index (χ1v) is 4.63. The molecule has 0 aromatic heterocycles. The molecule has 0 aliphatic rings. The Labute approximate surface area is 68.9 Å². The molecule has 0 saturated heterocycles. The van der Waals surface area contributed by atoms with E-state index in [1.807, 2.05) is 6.92 Å². The Morgan fingerprint density at radius 1 is 1.55 bits per heavy atom. The van der Waals surface area contributed by atoms with Crippen LogP contribution < -0.4 is 0 Å². The first-order chi connectivity index (χ1) is 5.20. The van der Waals surface area contributed by atoms with Crippen LogP contribution in [0.2, 0.25) is 0 Å². The topological polar surface area (TPSA) is 34.1 Å². The smallest absolute Gasteiger partial charge is 0.144 e. The second-order valence-corrected chi connectivity index (χ2v) is 2.95. The van der Waals surface area contributed by atoms with Crippen LogP contribution in [0, 0.1) is 0 Å². The van der Waals surface area contributed by atoms with Crippen LogP contribution in [0.4, 0.5) is 0 Å². The first-order valence-electron chi connectivity index (χ1n) is 3.26. The molecule has 0 aliphatic heterocycles. The fourth-order valence-corrected chi connectivity index (χ4v) is 1.18. The molecule has 0 bridgehead atoms. The number of hydrogen-bond acceptors (Lipinski definition) is 2. The average Bonchev–Trinajstić information content (AvgIpc) is 1.87. The largest absolute Gasteiger partial charge is 0.232 e. The molecular formula is C8H12O2S. The van der Waals surface area contributed by atoms with E-state index < -0.39 is 10.7 Å². The van der Waals surface area contributed by atoms with Crippen molar-refractivity contribution in [3.05, 3.63) is 36.5 Å². The monoisotopic (exact) mass is 172 g/mol. The van der Waals surface area contributed by atoms with Gasteiger partial charge >= 0.3 is 0 Å². The maximum Gasteiger partial charge on any atom is 0.144 e. The predicted octanol–water partition coefficient (Wildman–Crippen LogP) is 1.29. The van der Waals surface area contributed by atoms with E-state index in [4.69, 9.17) is 0 Å². The van der Waals surface area contributed by atoms with Gasteiger partial charge in [-0.05, 0) is 12.5 Å². The maximum absolute atomic E-state index is 10.3. The van der Waals surface area contributed by atoms with Crippen molar-refractivity contribution in [2.24, 2.45) is 0 Å². The Morgan fingerprint density at radius 3 is 2.55 bits per heavy atom. The summed E-state index contributed by atoms with van der Waals surface area (Å²) in [4.78, 5) is 0. The van der Waals surface area contributed by atoms with Crippen molar-refractivity contribution in [1.29, 1.82) is 0 Å². The van der Waals surface area contributed by atoms with E-state index in [0.717, 1.165) is 5.57 Å². The fraction of sp³-hybridized carbons (Fsp3) is 0.250. The van der Waals surface area contributed by atoms with Crippen molar-refractivity contribution < 1.29 is 8.42 Å². The summed E-state index contributed by atoms with van der Waals surface area (Å²) < 4.78 is 20.6. The minimum Gasteiger partial charge on any atom is -0.232 e. The molecule has 11 heavy (non-hydrogen) atoms. The van der Waals surface area contributed by atoms with Gasteiger partial charge in [-0.15, -0.1) is 0 Å². The van der Waals surface area contributed by atoms with Crippen molar-refractivity contribution in [1.82, 2.24) is 0 Å². The van der Waals surface area contributed by atoms with Crippen LogP contribution in [0.15, 0.2) is 36.5 Å². The van der Waals surface area contributed by atoms with Gasteiger partial charge < -0.3 is 0 Å². The normalized spacial score (nSPS) is 12.7. The Bertz CT molecular complexity index is 239. The summed E-state index contributed by atoms with van der Waals surface area (Å²) in [5.41, 5.74) is 0.763. The van der Waals surface area contributed by atoms with Gasteiger partial charge in [-0.25, -0.2) is 8.42 Å². The zero-order valence-corrected chi connectivity index (χ0v) is 7.38. The van der Waals surface area contributed by atoms with Crippen molar-refractivity contribution in [2.45, 2.75) is 6.92 Å². The summed E-state index contributed by atoms with van der Waals surface area (Å²) in [6, 6.07) is 0. The molecule has 2 nitrogen and oxygen atoms in total. The van der Waals surface area contributed by atoms with Gasteiger partial charge in [0, 0.05) is 0 Å². The van der Waals surface area contributed by atoms with Gasteiger partial charge in [0.05, 0.1) is 5.75 Å². The van der Waals surface area contributed by atoms with E-state index in [0.29, 0.717) is 0 Å². The van der Waals surface area contributed by atoms with Gasteiger partial charge in [-0.2, -0.15) is 0 Å². The molecule has 0 unspecified atom stereocenters. The lowest BCUT2D eigenvalue weighted by Crippen LogP contribution is -1.89. The predicted molar refractivity (Wildman–Crippen MR) is 48.3 cm³/mol. The lowest BCUT2D eigenvalue weighted by atomic mass is 10.2. The lowest BCUT2D eigenvalue weighted by molar-refractivity contribution is 0.616. The molecule has 0 fully saturated rings. The first kappa shape index (κ1) is 10.2. The SMILES string of the molecule is C=C/C=C(\C=C/C)C[SH](=O)=O. The number of hydrogen-bond donors (Lipinski definition) is 1. The molecule has 3 heteroatoms. The van der Waals surface area contributed by atoms with Crippen LogP contribution in [0.1, 0.15) is 6.92 Å². The molecule has 0 atom stereocenters. The Hall–Kier alpha value is -0.830. The van der Waals surface area contributed by atoms with Crippen molar-refractivity contribution in [3.63, 3.8) is 0 Å². The maximum atomic E-state index is 10.3. The summed E-state index contributed by atoms with van der Waals surface area (Å²) in [5.74, 6) is 0.0890. The quantitative estimate of drug-likeness (QED) is 0.512. The molecule has 0 saturated carbocycles. The summed E-state index contributed by atoms with van der Waals surface area (Å²) >= 11 is 0. The van der Waals surface area contributed by atoms with Gasteiger partial charge in [0.25, 0.3) is 0 Å². The second kappa shape index (κ2) is 5.92. The highest BCUT2D eigenvalue weighted by Gasteiger charge is 1.90. The van der Waals surface area contributed by atoms with Crippen molar-refractivity contribution >= 4 is 10.7 Å². The van der Waals surface area contributed by atoms with Gasteiger partial charge in [-0.3, -0.25) is 0 Å². The fourth-order valence-electron chi connectivity index (χ4n) is 0.675. The molecule has 0 aromatic rings. The summed E-state index contributed by atoms with van der Waals surface area (Å²) in [7, 11) is -2.33. The minimum absolute atomic E-state index is 0.0890. The third-order valence-corrected chi connectivity index (χ3v) is 1.65. The third kappa shape index (κ3) is 5.61. The van der Waals surface area contributed by atoms with E-state index in [-0.39, 0.29) is 5.75 Å². The number of thiol groups is 1. The molecule has 0 rings (SSSR count). The lowest BCUT2D eigenvalue weighted by Gasteiger charge is -1.91. The average molecular weight is 172 g/mol. The highest BCUT2D eigenvalue weighted by atomic mass is 32.2. The Morgan fingerprint density at radius 2 is 2.18 bits per heavy atom. The zero-order chi connectivity index (χ0) is 8.69. The summed E-state index contributed by atoms with van der Waals surface area (Å²) in [6.45, 7) is 5.32. The van der Waals surface area contributed by atoms with E-state index >= 15 is 0 Å². The minimum atomic E-state index is -2.33. The van der Waals surface area contributed by atoms with E-state index in [2.05, 4.69) is 6.58 Å². The van der Waals surface area contributed by atoms with Crippen LogP contribution in [0.25, 0.3) is 0 Å². The molecule has 0 aromatic carbocycles. The van der Waals surface area contributed by atoms with Crippen LogP contribution >= 0.6 is 0 Å². The molecular weight excluding hydrogens is 160 g/mol. The highest BCUT2D eigenvalue weighted by molar-refractivity contribution is 7.72. The highest BCUT2D eigenvalue weighted by Crippen LogP contribution is 1.97. The molecule has 62 valence electrons. The van der Waals surface area contributed by atoms with Gasteiger partial charge in [0.2, 0.25) is 0 Å². The Kier molecular flexibility index (Phi) is 5.47. The van der Waals surface area contributed by atoms with Gasteiger partial charge in [0.1, 0.15) is 10.7 Å². The standard InChI is InChI=1S/C8H12O2S/c1-3-5-8(6-4-2)7-11(9)10/h3-6,11H,1,7H2,2H3/b6-4-,8-5+. The van der Waals surface area contributed by atoms with E-state index in [1.165, 1.54) is 0 Å². The van der Waals surface area contributed by atoms with Crippen LogP contribution in [0.5, 0.6) is 0 Å². The Balaban J connectivity index is 4.34. The molecule has 0 heterocycles. The summed E-state index contributed by atoms with van der Waals surface area (Å²) in [5, 5.41) is 0. The number of allylic oxidation sites excluding steroid dienone is 4. The van der Waals surface area contributed by atoms with Crippen LogP contribution in [-0.2, 0) is 10.7 Å². The van der Waals surface area contributed by atoms with E-state index in [1.54, 1.807) is 24.3 Å².